The monoisotopic (exact) mass is 490 g/mol. The molecule has 0 aliphatic carbocycles. The molecule has 6 rings (SSSR count). The van der Waals surface area contributed by atoms with Crippen molar-refractivity contribution in [3.63, 3.8) is 0 Å². The van der Waals surface area contributed by atoms with E-state index in [1.165, 1.54) is 0 Å². The van der Waals surface area contributed by atoms with Crippen molar-refractivity contribution < 1.29 is 19.1 Å². The maximum absolute atomic E-state index is 12.5. The van der Waals surface area contributed by atoms with E-state index in [9.17, 15) is 9.59 Å². The predicted octanol–water partition coefficient (Wildman–Crippen LogP) is 6.67. The van der Waals surface area contributed by atoms with E-state index in [0.717, 1.165) is 40.0 Å². The van der Waals surface area contributed by atoms with Gasteiger partial charge in [0.05, 0.1) is 13.1 Å². The standard InChI is InChI=1S/C31H26N2O4/c34-30-32(20-28(36-30)24-7-3-1-4-8-24)26-15-11-22(12-16-26)19-23-13-17-27(18-14-23)33-21-29(37-31(33)35)25-9-5-2-6-10-25/h1-18,28-29H,19-21H2. The van der Waals surface area contributed by atoms with Crippen molar-refractivity contribution in [2.75, 3.05) is 22.9 Å². The lowest BCUT2D eigenvalue weighted by atomic mass is 10.0. The highest BCUT2D eigenvalue weighted by molar-refractivity contribution is 5.90. The summed E-state index contributed by atoms with van der Waals surface area (Å²) in [7, 11) is 0. The molecule has 6 heteroatoms. The fourth-order valence-corrected chi connectivity index (χ4v) is 4.85. The minimum absolute atomic E-state index is 0.261. The molecule has 2 saturated heterocycles. The number of anilines is 2. The van der Waals surface area contributed by atoms with Gasteiger partial charge in [-0.25, -0.2) is 9.59 Å². The Kier molecular flexibility index (Phi) is 6.06. The van der Waals surface area contributed by atoms with Crippen LogP contribution in [0.15, 0.2) is 109 Å². The van der Waals surface area contributed by atoms with Gasteiger partial charge >= 0.3 is 12.2 Å². The van der Waals surface area contributed by atoms with Gasteiger partial charge in [-0.3, -0.25) is 9.80 Å². The Morgan fingerprint density at radius 2 is 0.919 bits per heavy atom. The summed E-state index contributed by atoms with van der Waals surface area (Å²) in [5.41, 5.74) is 5.90. The fraction of sp³-hybridized carbons (Fsp3) is 0.161. The van der Waals surface area contributed by atoms with E-state index in [-0.39, 0.29) is 24.4 Å². The summed E-state index contributed by atoms with van der Waals surface area (Å²) >= 11 is 0. The highest BCUT2D eigenvalue weighted by Crippen LogP contribution is 2.32. The first-order valence-corrected chi connectivity index (χ1v) is 12.4. The Bertz CT molecular complexity index is 1280. The Hall–Kier alpha value is -4.58. The highest BCUT2D eigenvalue weighted by atomic mass is 16.6. The van der Waals surface area contributed by atoms with Crippen LogP contribution in [-0.2, 0) is 15.9 Å². The Balaban J connectivity index is 1.09. The van der Waals surface area contributed by atoms with Crippen LogP contribution in [0.1, 0.15) is 34.5 Å². The van der Waals surface area contributed by atoms with E-state index in [1.807, 2.05) is 109 Å². The molecular formula is C31H26N2O4. The fourth-order valence-electron chi connectivity index (χ4n) is 4.85. The number of ether oxygens (including phenoxy) is 2. The third kappa shape index (κ3) is 4.78. The molecule has 0 spiro atoms. The summed E-state index contributed by atoms with van der Waals surface area (Å²) in [4.78, 5) is 28.3. The summed E-state index contributed by atoms with van der Waals surface area (Å²) in [6, 6.07) is 35.6. The molecule has 2 amide bonds. The van der Waals surface area contributed by atoms with Gasteiger partial charge in [0, 0.05) is 11.4 Å². The molecule has 2 aliphatic rings. The van der Waals surface area contributed by atoms with Gasteiger partial charge < -0.3 is 9.47 Å². The first kappa shape index (κ1) is 22.9. The second-order valence-electron chi connectivity index (χ2n) is 9.30. The molecule has 37 heavy (non-hydrogen) atoms. The Morgan fingerprint density at radius 1 is 0.541 bits per heavy atom. The average Bonchev–Trinajstić information content (AvgIpc) is 3.53. The van der Waals surface area contributed by atoms with Gasteiger partial charge in [-0.1, -0.05) is 84.9 Å². The molecule has 2 atom stereocenters. The van der Waals surface area contributed by atoms with E-state index in [1.54, 1.807) is 9.80 Å². The van der Waals surface area contributed by atoms with Crippen LogP contribution in [-0.4, -0.2) is 25.3 Å². The van der Waals surface area contributed by atoms with Crippen LogP contribution in [0.4, 0.5) is 21.0 Å². The Labute approximate surface area is 215 Å². The highest BCUT2D eigenvalue weighted by Gasteiger charge is 2.34. The molecule has 0 bridgehead atoms. The second kappa shape index (κ2) is 9.82. The van der Waals surface area contributed by atoms with Crippen LogP contribution in [0.2, 0.25) is 0 Å². The normalized spacial score (nSPS) is 19.1. The quantitative estimate of drug-likeness (QED) is 0.303. The zero-order chi connectivity index (χ0) is 25.2. The van der Waals surface area contributed by atoms with Crippen molar-refractivity contribution >= 4 is 23.6 Å². The van der Waals surface area contributed by atoms with Crippen molar-refractivity contribution in [2.24, 2.45) is 0 Å². The third-order valence-corrected chi connectivity index (χ3v) is 6.87. The first-order chi connectivity index (χ1) is 18.1. The smallest absolute Gasteiger partial charge is 0.415 e. The number of hydrogen-bond acceptors (Lipinski definition) is 4. The number of nitrogens with zero attached hydrogens (tertiary/aromatic N) is 2. The van der Waals surface area contributed by atoms with Crippen molar-refractivity contribution in [1.82, 2.24) is 0 Å². The van der Waals surface area contributed by atoms with Crippen molar-refractivity contribution in [1.29, 1.82) is 0 Å². The summed E-state index contributed by atoms with van der Waals surface area (Å²) < 4.78 is 11.2. The average molecular weight is 491 g/mol. The predicted molar refractivity (Wildman–Crippen MR) is 142 cm³/mol. The minimum atomic E-state index is -0.327. The van der Waals surface area contributed by atoms with Crippen LogP contribution >= 0.6 is 0 Å². The molecule has 2 aliphatic heterocycles. The molecule has 0 aromatic heterocycles. The molecule has 2 unspecified atom stereocenters. The molecule has 2 fully saturated rings. The maximum atomic E-state index is 12.5. The SMILES string of the molecule is O=C1OC(c2ccccc2)CN1c1ccc(Cc2ccc(N3CC(c4ccccc4)OC3=O)cc2)cc1. The molecule has 0 saturated carbocycles. The van der Waals surface area contributed by atoms with Crippen LogP contribution in [0.25, 0.3) is 0 Å². The number of cyclic esters (lactones) is 2. The van der Waals surface area contributed by atoms with Crippen LogP contribution < -0.4 is 9.80 Å². The van der Waals surface area contributed by atoms with Gasteiger partial charge in [-0.15, -0.1) is 0 Å². The molecule has 4 aromatic rings. The lowest BCUT2D eigenvalue weighted by Crippen LogP contribution is -2.23. The van der Waals surface area contributed by atoms with Crippen LogP contribution in [0.5, 0.6) is 0 Å². The minimum Gasteiger partial charge on any atom is -0.439 e. The Morgan fingerprint density at radius 3 is 1.30 bits per heavy atom. The lowest BCUT2D eigenvalue weighted by molar-refractivity contribution is 0.141. The van der Waals surface area contributed by atoms with E-state index >= 15 is 0 Å². The van der Waals surface area contributed by atoms with Crippen molar-refractivity contribution in [3.8, 4) is 0 Å². The van der Waals surface area contributed by atoms with Gasteiger partial charge in [0.2, 0.25) is 0 Å². The molecular weight excluding hydrogens is 464 g/mol. The van der Waals surface area contributed by atoms with Gasteiger partial charge in [-0.2, -0.15) is 0 Å². The van der Waals surface area contributed by atoms with E-state index < -0.39 is 0 Å². The zero-order valence-electron chi connectivity index (χ0n) is 20.2. The molecule has 184 valence electrons. The molecule has 0 N–H and O–H groups in total. The van der Waals surface area contributed by atoms with Crippen LogP contribution in [0, 0.1) is 0 Å². The van der Waals surface area contributed by atoms with Gasteiger partial charge in [-0.05, 0) is 52.9 Å². The summed E-state index contributed by atoms with van der Waals surface area (Å²) in [5.74, 6) is 0. The van der Waals surface area contributed by atoms with Crippen molar-refractivity contribution in [2.45, 2.75) is 18.6 Å². The second-order valence-corrected chi connectivity index (χ2v) is 9.30. The number of amides is 2. The van der Waals surface area contributed by atoms with Gasteiger partial charge in [0.1, 0.15) is 12.2 Å². The number of benzene rings is 4. The van der Waals surface area contributed by atoms with E-state index in [0.29, 0.717) is 13.1 Å². The van der Waals surface area contributed by atoms with Crippen molar-refractivity contribution in [3.05, 3.63) is 131 Å². The van der Waals surface area contributed by atoms with Gasteiger partial charge in [0.15, 0.2) is 0 Å². The van der Waals surface area contributed by atoms with E-state index in [2.05, 4.69) is 0 Å². The van der Waals surface area contributed by atoms with Gasteiger partial charge in [0.25, 0.3) is 0 Å². The van der Waals surface area contributed by atoms with E-state index in [4.69, 9.17) is 9.47 Å². The zero-order valence-corrected chi connectivity index (χ0v) is 20.2. The number of hydrogen-bond donors (Lipinski definition) is 0. The lowest BCUT2D eigenvalue weighted by Gasteiger charge is -2.15. The summed E-state index contributed by atoms with van der Waals surface area (Å²) in [6.07, 6.45) is -0.431. The molecule has 0 radical (unpaired) electrons. The molecule has 6 nitrogen and oxygen atoms in total. The van der Waals surface area contributed by atoms with Crippen LogP contribution in [0.3, 0.4) is 0 Å². The maximum Gasteiger partial charge on any atom is 0.415 e. The number of carbonyl (C=O) groups excluding carboxylic acids is 2. The number of carbonyl (C=O) groups is 2. The molecule has 4 aromatic carbocycles. The third-order valence-electron chi connectivity index (χ3n) is 6.87. The topological polar surface area (TPSA) is 59.1 Å². The summed E-state index contributed by atoms with van der Waals surface area (Å²) in [6.45, 7) is 0.988. The largest absolute Gasteiger partial charge is 0.439 e. The first-order valence-electron chi connectivity index (χ1n) is 12.4. The molecule has 2 heterocycles. The summed E-state index contributed by atoms with van der Waals surface area (Å²) in [5, 5.41) is 0. The number of rotatable bonds is 6.